The second kappa shape index (κ2) is 7.57. The molecule has 0 N–H and O–H groups in total. The van der Waals surface area contributed by atoms with Gasteiger partial charge in [0.25, 0.3) is 0 Å². The van der Waals surface area contributed by atoms with Crippen LogP contribution in [0.15, 0.2) is 29.3 Å². The summed E-state index contributed by atoms with van der Waals surface area (Å²) in [5.74, 6) is 0. The molecule has 0 spiro atoms. The monoisotopic (exact) mass is 280 g/mol. The maximum atomic E-state index is 12.2. The van der Waals surface area contributed by atoms with Crippen LogP contribution in [0.3, 0.4) is 0 Å². The molecule has 1 fully saturated rings. The van der Waals surface area contributed by atoms with Gasteiger partial charge in [-0.1, -0.05) is 6.42 Å². The molecule has 0 aliphatic carbocycles. The number of nitrogens with zero attached hydrogens (tertiary/aromatic N) is 2. The fraction of sp³-hybridized carbons (Fsp3) is 0.667. The molecule has 0 bridgehead atoms. The second-order valence-electron chi connectivity index (χ2n) is 5.53. The van der Waals surface area contributed by atoms with Crippen LogP contribution in [0.4, 0.5) is 0 Å². The van der Waals surface area contributed by atoms with Gasteiger partial charge < -0.3 is 19.2 Å². The van der Waals surface area contributed by atoms with Crippen molar-refractivity contribution in [1.82, 2.24) is 4.57 Å². The summed E-state index contributed by atoms with van der Waals surface area (Å²) in [6.07, 6.45) is 7.96. The molecule has 112 valence electrons. The van der Waals surface area contributed by atoms with Gasteiger partial charge in [0.15, 0.2) is 5.43 Å². The van der Waals surface area contributed by atoms with E-state index >= 15 is 0 Å². The van der Waals surface area contributed by atoms with E-state index in [1.54, 1.807) is 12.1 Å². The van der Waals surface area contributed by atoms with Gasteiger partial charge in [0.2, 0.25) is 0 Å². The van der Waals surface area contributed by atoms with Crippen LogP contribution in [0.25, 0.3) is 0 Å². The smallest absolute Gasteiger partial charge is 0.181 e. The van der Waals surface area contributed by atoms with Crippen molar-refractivity contribution in [2.24, 2.45) is 0 Å². The van der Waals surface area contributed by atoms with Gasteiger partial charge in [0, 0.05) is 31.1 Å². The summed E-state index contributed by atoms with van der Waals surface area (Å²) >= 11 is 0. The molecular formula is C15H24N2O3. The predicted molar refractivity (Wildman–Crippen MR) is 78.2 cm³/mol. The summed E-state index contributed by atoms with van der Waals surface area (Å²) in [4.78, 5) is 11.0. The van der Waals surface area contributed by atoms with Crippen molar-refractivity contribution in [1.29, 1.82) is 0 Å². The van der Waals surface area contributed by atoms with Gasteiger partial charge in [-0.25, -0.2) is 0 Å². The molecule has 1 aliphatic rings. The maximum absolute atomic E-state index is 12.2. The van der Waals surface area contributed by atoms with Crippen molar-refractivity contribution >= 4 is 0 Å². The third-order valence-corrected chi connectivity index (χ3v) is 3.88. The Morgan fingerprint density at radius 1 is 1.10 bits per heavy atom. The van der Waals surface area contributed by atoms with Crippen LogP contribution in [0.5, 0.6) is 0 Å². The van der Waals surface area contributed by atoms with Gasteiger partial charge in [-0.15, -0.1) is 0 Å². The normalized spacial score (nSPS) is 18.1. The van der Waals surface area contributed by atoms with Crippen LogP contribution in [0.1, 0.15) is 25.7 Å². The molecule has 0 aromatic carbocycles. The molecular weight excluding hydrogens is 256 g/mol. The zero-order valence-electron chi connectivity index (χ0n) is 12.0. The van der Waals surface area contributed by atoms with E-state index in [9.17, 15) is 10.0 Å². The molecule has 1 aromatic rings. The Hall–Kier alpha value is -1.17. The Morgan fingerprint density at radius 3 is 2.45 bits per heavy atom. The lowest BCUT2D eigenvalue weighted by Crippen LogP contribution is -2.50. The SMILES string of the molecule is O=c1ccn(CCCCCC[N+]2([O-])CCOCC2)cc1. The Bertz CT molecular complexity index is 432. The zero-order chi connectivity index (χ0) is 14.3. The number of hydrogen-bond acceptors (Lipinski definition) is 3. The van der Waals surface area contributed by atoms with E-state index in [2.05, 4.69) is 0 Å². The number of rotatable bonds is 7. The molecule has 2 rings (SSSR count). The largest absolute Gasteiger partial charge is 0.633 e. The van der Waals surface area contributed by atoms with Crippen molar-refractivity contribution in [2.75, 3.05) is 32.8 Å². The lowest BCUT2D eigenvalue weighted by Gasteiger charge is -2.45. The number of hydrogen-bond donors (Lipinski definition) is 0. The number of pyridine rings is 1. The van der Waals surface area contributed by atoms with Crippen LogP contribution in [0.2, 0.25) is 0 Å². The second-order valence-corrected chi connectivity index (χ2v) is 5.53. The summed E-state index contributed by atoms with van der Waals surface area (Å²) < 4.78 is 7.19. The maximum Gasteiger partial charge on any atom is 0.181 e. The van der Waals surface area contributed by atoms with Gasteiger partial charge in [-0.05, 0) is 19.3 Å². The topological polar surface area (TPSA) is 54.3 Å². The summed E-state index contributed by atoms with van der Waals surface area (Å²) in [5.41, 5.74) is 0.0521. The summed E-state index contributed by atoms with van der Waals surface area (Å²) in [6.45, 7) is 4.09. The lowest BCUT2D eigenvalue weighted by atomic mass is 10.2. The molecule has 1 aromatic heterocycles. The molecule has 0 atom stereocenters. The Balaban J connectivity index is 1.55. The fourth-order valence-corrected chi connectivity index (χ4v) is 2.54. The van der Waals surface area contributed by atoms with Gasteiger partial charge in [0.1, 0.15) is 13.1 Å². The standard InChI is InChI=1S/C15H24N2O3/c18-15-5-8-16(9-6-15)7-3-1-2-4-10-17(19)11-13-20-14-12-17/h5-6,8-9H,1-4,7,10-14H2. The molecule has 20 heavy (non-hydrogen) atoms. The third kappa shape index (κ3) is 5.07. The first-order valence-corrected chi connectivity index (χ1v) is 7.49. The highest BCUT2D eigenvalue weighted by molar-refractivity contribution is 4.93. The summed E-state index contributed by atoms with van der Waals surface area (Å²) in [7, 11) is 0. The minimum Gasteiger partial charge on any atom is -0.633 e. The minimum absolute atomic E-state index is 0.0521. The van der Waals surface area contributed by atoms with Crippen molar-refractivity contribution in [3.8, 4) is 0 Å². The molecule has 0 unspecified atom stereocenters. The van der Waals surface area contributed by atoms with E-state index in [0.29, 0.717) is 26.3 Å². The van der Waals surface area contributed by atoms with Crippen molar-refractivity contribution in [3.63, 3.8) is 0 Å². The van der Waals surface area contributed by atoms with Gasteiger partial charge in [-0.2, -0.15) is 0 Å². The molecule has 5 heteroatoms. The van der Waals surface area contributed by atoms with Crippen LogP contribution >= 0.6 is 0 Å². The highest BCUT2D eigenvalue weighted by Crippen LogP contribution is 2.12. The highest BCUT2D eigenvalue weighted by Gasteiger charge is 2.20. The Kier molecular flexibility index (Phi) is 5.76. The number of aromatic nitrogens is 1. The third-order valence-electron chi connectivity index (χ3n) is 3.88. The molecule has 5 nitrogen and oxygen atoms in total. The molecule has 1 aliphatic heterocycles. The number of aryl methyl sites for hydroxylation is 1. The Labute approximate surface area is 119 Å². The zero-order valence-corrected chi connectivity index (χ0v) is 12.0. The quantitative estimate of drug-likeness (QED) is 0.434. The Morgan fingerprint density at radius 2 is 1.75 bits per heavy atom. The highest BCUT2D eigenvalue weighted by atomic mass is 16.6. The van der Waals surface area contributed by atoms with Crippen LogP contribution in [-0.4, -0.2) is 42.1 Å². The van der Waals surface area contributed by atoms with E-state index in [0.717, 1.165) is 38.8 Å². The average Bonchev–Trinajstić information content (AvgIpc) is 2.45. The van der Waals surface area contributed by atoms with Crippen LogP contribution in [0, 0.1) is 5.21 Å². The van der Waals surface area contributed by atoms with E-state index in [4.69, 9.17) is 4.74 Å². The number of unbranched alkanes of at least 4 members (excludes halogenated alkanes) is 3. The van der Waals surface area contributed by atoms with Crippen molar-refractivity contribution in [2.45, 2.75) is 32.2 Å². The van der Waals surface area contributed by atoms with E-state index in [1.807, 2.05) is 17.0 Å². The molecule has 0 amide bonds. The first kappa shape index (κ1) is 15.2. The number of quaternary nitrogens is 1. The van der Waals surface area contributed by atoms with Crippen molar-refractivity contribution < 1.29 is 9.38 Å². The van der Waals surface area contributed by atoms with Crippen molar-refractivity contribution in [3.05, 3.63) is 40.0 Å². The predicted octanol–water partition coefficient (Wildman–Crippen LogP) is 1.75. The van der Waals surface area contributed by atoms with Gasteiger partial charge >= 0.3 is 0 Å². The minimum atomic E-state index is -0.0697. The number of morpholine rings is 1. The summed E-state index contributed by atoms with van der Waals surface area (Å²) in [5, 5.41) is 12.2. The number of hydroxylamine groups is 3. The summed E-state index contributed by atoms with van der Waals surface area (Å²) in [6, 6.07) is 3.17. The van der Waals surface area contributed by atoms with Crippen LogP contribution < -0.4 is 5.43 Å². The van der Waals surface area contributed by atoms with E-state index < -0.39 is 0 Å². The van der Waals surface area contributed by atoms with E-state index in [1.165, 1.54) is 0 Å². The van der Waals surface area contributed by atoms with Gasteiger partial charge in [-0.3, -0.25) is 4.79 Å². The molecule has 0 saturated carbocycles. The molecule has 1 saturated heterocycles. The lowest BCUT2D eigenvalue weighted by molar-refractivity contribution is -0.888. The molecule has 0 radical (unpaired) electrons. The van der Waals surface area contributed by atoms with E-state index in [-0.39, 0.29) is 10.1 Å². The first-order valence-electron chi connectivity index (χ1n) is 7.49. The molecule has 2 heterocycles. The first-order chi connectivity index (χ1) is 9.68. The average molecular weight is 280 g/mol. The van der Waals surface area contributed by atoms with Crippen LogP contribution in [-0.2, 0) is 11.3 Å². The fourth-order valence-electron chi connectivity index (χ4n) is 2.54. The van der Waals surface area contributed by atoms with Gasteiger partial charge in [0.05, 0.1) is 19.8 Å². The number of ether oxygens (including phenoxy) is 1.